The van der Waals surface area contributed by atoms with Crippen LogP contribution in [0.4, 0.5) is 0 Å². The molecule has 1 aliphatic rings. The number of nitrogens with zero attached hydrogens (tertiary/aromatic N) is 1. The van der Waals surface area contributed by atoms with Crippen molar-refractivity contribution in [2.45, 2.75) is 38.8 Å². The molecule has 2 heterocycles. The normalized spacial score (nSPS) is 15.6. The number of carbonyl (C=O) groups excluding carboxylic acids is 1. The molecule has 2 N–H and O–H groups in total. The number of hydrogen-bond donors (Lipinski definition) is 2. The first-order valence-corrected chi connectivity index (χ1v) is 9.18. The van der Waals surface area contributed by atoms with Gasteiger partial charge >= 0.3 is 5.97 Å². The molecule has 1 amide bonds. The summed E-state index contributed by atoms with van der Waals surface area (Å²) in [5, 5.41) is 12.3. The van der Waals surface area contributed by atoms with Crippen LogP contribution in [0.1, 0.15) is 39.9 Å². The lowest BCUT2D eigenvalue weighted by Gasteiger charge is -2.34. The van der Waals surface area contributed by atoms with Gasteiger partial charge in [0.25, 0.3) is 5.91 Å². The van der Waals surface area contributed by atoms with Crippen LogP contribution in [-0.2, 0) is 16.1 Å². The number of nitrogens with one attached hydrogen (secondary N) is 1. The average molecular weight is 384 g/mol. The van der Waals surface area contributed by atoms with Crippen molar-refractivity contribution in [2.75, 3.05) is 13.2 Å². The Morgan fingerprint density at radius 1 is 1.25 bits per heavy atom. The fraction of sp³-hybridized carbons (Fsp3) is 0.381. The van der Waals surface area contributed by atoms with E-state index >= 15 is 0 Å². The SMILES string of the molecule is Cc1cc(C(=O)NC2(C(=O)O)CCOCC2)cc(C)c1OCc1cccnc1. The van der Waals surface area contributed by atoms with Crippen molar-refractivity contribution in [1.82, 2.24) is 10.3 Å². The van der Waals surface area contributed by atoms with Crippen LogP contribution in [0.3, 0.4) is 0 Å². The predicted octanol–water partition coefficient (Wildman–Crippen LogP) is 2.64. The number of amides is 1. The first-order valence-electron chi connectivity index (χ1n) is 9.18. The van der Waals surface area contributed by atoms with Gasteiger partial charge in [-0.2, -0.15) is 0 Å². The zero-order chi connectivity index (χ0) is 20.1. The summed E-state index contributed by atoms with van der Waals surface area (Å²) in [5.41, 5.74) is 1.70. The van der Waals surface area contributed by atoms with Gasteiger partial charge in [-0.15, -0.1) is 0 Å². The third kappa shape index (κ3) is 4.31. The van der Waals surface area contributed by atoms with Crippen LogP contribution < -0.4 is 10.1 Å². The second-order valence-electron chi connectivity index (χ2n) is 7.04. The highest BCUT2D eigenvalue weighted by Crippen LogP contribution is 2.27. The van der Waals surface area contributed by atoms with Crippen molar-refractivity contribution in [3.05, 3.63) is 58.9 Å². The van der Waals surface area contributed by atoms with E-state index < -0.39 is 17.4 Å². The van der Waals surface area contributed by atoms with E-state index in [9.17, 15) is 14.7 Å². The minimum absolute atomic E-state index is 0.248. The number of ether oxygens (including phenoxy) is 2. The van der Waals surface area contributed by atoms with Gasteiger partial charge in [0.1, 0.15) is 17.9 Å². The number of carboxylic acids is 1. The molecule has 148 valence electrons. The molecule has 3 rings (SSSR count). The van der Waals surface area contributed by atoms with E-state index in [4.69, 9.17) is 9.47 Å². The zero-order valence-corrected chi connectivity index (χ0v) is 16.0. The van der Waals surface area contributed by atoms with Crippen molar-refractivity contribution >= 4 is 11.9 Å². The van der Waals surface area contributed by atoms with Gasteiger partial charge < -0.3 is 19.9 Å². The topological polar surface area (TPSA) is 97.8 Å². The number of aliphatic carboxylic acids is 1. The molecular formula is C21H24N2O5. The van der Waals surface area contributed by atoms with Crippen LogP contribution in [0.25, 0.3) is 0 Å². The maximum absolute atomic E-state index is 12.8. The highest BCUT2D eigenvalue weighted by Gasteiger charge is 2.41. The highest BCUT2D eigenvalue weighted by atomic mass is 16.5. The standard InChI is InChI=1S/C21H24N2O5/c1-14-10-17(19(24)23-21(20(25)26)5-8-27-9-6-21)11-15(2)18(14)28-13-16-4-3-7-22-12-16/h3-4,7,10-12H,5-6,8-9,13H2,1-2H3,(H,23,24)(H,25,26). The molecule has 0 atom stereocenters. The second kappa shape index (κ2) is 8.39. The third-order valence-corrected chi connectivity index (χ3v) is 4.94. The molecule has 1 aromatic heterocycles. The zero-order valence-electron chi connectivity index (χ0n) is 16.0. The number of rotatable bonds is 6. The molecule has 0 saturated carbocycles. The minimum atomic E-state index is -1.29. The average Bonchev–Trinajstić information content (AvgIpc) is 2.68. The van der Waals surface area contributed by atoms with Crippen LogP contribution in [0.15, 0.2) is 36.7 Å². The summed E-state index contributed by atoms with van der Waals surface area (Å²) < 4.78 is 11.2. The summed E-state index contributed by atoms with van der Waals surface area (Å²) in [5.74, 6) is -0.734. The number of pyridine rings is 1. The Balaban J connectivity index is 1.75. The molecule has 0 bridgehead atoms. The van der Waals surface area contributed by atoms with Crippen molar-refractivity contribution in [2.24, 2.45) is 0 Å². The highest BCUT2D eigenvalue weighted by molar-refractivity contribution is 5.98. The fourth-order valence-electron chi connectivity index (χ4n) is 3.35. The molecule has 7 heteroatoms. The number of benzene rings is 1. The van der Waals surface area contributed by atoms with Crippen LogP contribution in [0.2, 0.25) is 0 Å². The molecule has 0 unspecified atom stereocenters. The molecule has 1 aliphatic heterocycles. The monoisotopic (exact) mass is 384 g/mol. The summed E-state index contributed by atoms with van der Waals surface area (Å²) in [6, 6.07) is 7.21. The van der Waals surface area contributed by atoms with Crippen LogP contribution in [0, 0.1) is 13.8 Å². The Hall–Kier alpha value is -2.93. The third-order valence-electron chi connectivity index (χ3n) is 4.94. The second-order valence-corrected chi connectivity index (χ2v) is 7.04. The number of hydrogen-bond acceptors (Lipinski definition) is 5. The van der Waals surface area contributed by atoms with Gasteiger partial charge in [-0.1, -0.05) is 6.07 Å². The lowest BCUT2D eigenvalue weighted by molar-refractivity contribution is -0.148. The van der Waals surface area contributed by atoms with E-state index in [0.717, 1.165) is 16.7 Å². The first-order chi connectivity index (χ1) is 13.4. The molecular weight excluding hydrogens is 360 g/mol. The van der Waals surface area contributed by atoms with E-state index in [0.29, 0.717) is 31.1 Å². The van der Waals surface area contributed by atoms with Crippen molar-refractivity contribution in [3.8, 4) is 5.75 Å². The minimum Gasteiger partial charge on any atom is -0.488 e. The van der Waals surface area contributed by atoms with Gasteiger partial charge in [-0.05, 0) is 43.2 Å². The van der Waals surface area contributed by atoms with E-state index in [1.165, 1.54) is 0 Å². The van der Waals surface area contributed by atoms with Crippen LogP contribution >= 0.6 is 0 Å². The number of carbonyl (C=O) groups is 2. The van der Waals surface area contributed by atoms with Crippen molar-refractivity contribution in [1.29, 1.82) is 0 Å². The summed E-state index contributed by atoms with van der Waals surface area (Å²) in [6.45, 7) is 4.73. The summed E-state index contributed by atoms with van der Waals surface area (Å²) in [7, 11) is 0. The Morgan fingerprint density at radius 3 is 2.50 bits per heavy atom. The largest absolute Gasteiger partial charge is 0.488 e. The Kier molecular flexibility index (Phi) is 5.94. The first kappa shape index (κ1) is 19.8. The predicted molar refractivity (Wildman–Crippen MR) is 102 cm³/mol. The maximum atomic E-state index is 12.8. The molecule has 1 fully saturated rings. The van der Waals surface area contributed by atoms with Crippen LogP contribution in [-0.4, -0.2) is 40.7 Å². The van der Waals surface area contributed by atoms with Gasteiger partial charge in [0, 0.05) is 49.6 Å². The summed E-state index contributed by atoms with van der Waals surface area (Å²) in [6.07, 6.45) is 3.94. The van der Waals surface area contributed by atoms with Crippen molar-refractivity contribution < 1.29 is 24.2 Å². The number of aromatic nitrogens is 1. The Morgan fingerprint density at radius 2 is 1.93 bits per heavy atom. The van der Waals surface area contributed by atoms with Gasteiger partial charge in [0.15, 0.2) is 0 Å². The lowest BCUT2D eigenvalue weighted by atomic mass is 9.89. The number of aryl methyl sites for hydroxylation is 2. The van der Waals surface area contributed by atoms with E-state index in [2.05, 4.69) is 10.3 Å². The van der Waals surface area contributed by atoms with E-state index in [-0.39, 0.29) is 12.8 Å². The molecule has 7 nitrogen and oxygen atoms in total. The summed E-state index contributed by atoms with van der Waals surface area (Å²) >= 11 is 0. The molecule has 0 spiro atoms. The number of carboxylic acid groups (broad SMARTS) is 1. The van der Waals surface area contributed by atoms with Gasteiger partial charge in [0.2, 0.25) is 0 Å². The summed E-state index contributed by atoms with van der Waals surface area (Å²) in [4.78, 5) is 28.6. The van der Waals surface area contributed by atoms with Gasteiger partial charge in [-0.25, -0.2) is 4.79 Å². The molecule has 0 radical (unpaired) electrons. The molecule has 2 aromatic rings. The molecule has 0 aliphatic carbocycles. The van der Waals surface area contributed by atoms with Gasteiger partial charge in [0.05, 0.1) is 0 Å². The van der Waals surface area contributed by atoms with Crippen molar-refractivity contribution in [3.63, 3.8) is 0 Å². The maximum Gasteiger partial charge on any atom is 0.329 e. The van der Waals surface area contributed by atoms with E-state index in [1.54, 1.807) is 24.5 Å². The molecule has 28 heavy (non-hydrogen) atoms. The van der Waals surface area contributed by atoms with E-state index in [1.807, 2.05) is 26.0 Å². The lowest BCUT2D eigenvalue weighted by Crippen LogP contribution is -2.57. The van der Waals surface area contributed by atoms with Crippen LogP contribution in [0.5, 0.6) is 5.75 Å². The quantitative estimate of drug-likeness (QED) is 0.795. The molecule has 1 saturated heterocycles. The smallest absolute Gasteiger partial charge is 0.329 e. The van der Waals surface area contributed by atoms with Gasteiger partial charge in [-0.3, -0.25) is 9.78 Å². The fourth-order valence-corrected chi connectivity index (χ4v) is 3.35. The molecule has 1 aromatic carbocycles. The Bertz CT molecular complexity index is 837. The Labute approximate surface area is 163 Å².